The van der Waals surface area contributed by atoms with E-state index >= 15 is 0 Å². The minimum atomic E-state index is -3.44. The molecule has 0 bridgehead atoms. The number of sulfonamides is 1. The number of nitrogens with one attached hydrogen (secondary N) is 1. The monoisotopic (exact) mass is 394 g/mol. The number of hydrogen-bond acceptors (Lipinski definition) is 5. The molecule has 27 heavy (non-hydrogen) atoms. The summed E-state index contributed by atoms with van der Waals surface area (Å²) in [6, 6.07) is 6.30. The number of amides is 1. The number of hydrogen-bond donors (Lipinski definition) is 1. The van der Waals surface area contributed by atoms with Crippen molar-refractivity contribution in [1.82, 2.24) is 14.1 Å². The van der Waals surface area contributed by atoms with Crippen molar-refractivity contribution in [2.75, 3.05) is 51.6 Å². The zero-order valence-electron chi connectivity index (χ0n) is 16.2. The van der Waals surface area contributed by atoms with Gasteiger partial charge in [0.2, 0.25) is 15.9 Å². The van der Waals surface area contributed by atoms with Crippen molar-refractivity contribution in [3.63, 3.8) is 0 Å². The number of carbonyl (C=O) groups excluding carboxylic acids is 1. The van der Waals surface area contributed by atoms with Crippen molar-refractivity contribution in [1.29, 1.82) is 0 Å². The molecule has 7 nitrogen and oxygen atoms in total. The van der Waals surface area contributed by atoms with Crippen molar-refractivity contribution in [3.8, 4) is 0 Å². The lowest BCUT2D eigenvalue weighted by Gasteiger charge is -2.35. The number of carbonyl (C=O) groups is 1. The van der Waals surface area contributed by atoms with Crippen LogP contribution in [0.15, 0.2) is 29.2 Å². The van der Waals surface area contributed by atoms with Crippen LogP contribution in [0.25, 0.3) is 0 Å². The van der Waals surface area contributed by atoms with Gasteiger partial charge in [-0.25, -0.2) is 8.42 Å². The minimum absolute atomic E-state index is 0.0637. The molecular formula is C19H30N4O3S. The normalized spacial score (nSPS) is 21.7. The standard InChI is InChI=1S/C19H30N4O3S/c1-16(22-14-12-21(2)13-15-22)19(24)20-17-6-8-18(9-7-17)27(25,26)23-10-4-3-5-11-23/h6-9,16H,3-5,10-15H2,1-2H3,(H,20,24)/t16-/m1/s1. The van der Waals surface area contributed by atoms with E-state index in [1.165, 1.54) is 0 Å². The molecule has 1 N–H and O–H groups in total. The Balaban J connectivity index is 1.60. The number of rotatable bonds is 5. The lowest BCUT2D eigenvalue weighted by molar-refractivity contribution is -0.121. The van der Waals surface area contributed by atoms with Crippen molar-refractivity contribution >= 4 is 21.6 Å². The zero-order chi connectivity index (χ0) is 19.4. The van der Waals surface area contributed by atoms with Crippen LogP contribution < -0.4 is 5.32 Å². The van der Waals surface area contributed by atoms with Crippen molar-refractivity contribution in [3.05, 3.63) is 24.3 Å². The summed E-state index contributed by atoms with van der Waals surface area (Å²) >= 11 is 0. The molecule has 2 heterocycles. The van der Waals surface area contributed by atoms with Crippen LogP contribution in [0, 0.1) is 0 Å². The second kappa shape index (κ2) is 8.68. The highest BCUT2D eigenvalue weighted by Crippen LogP contribution is 2.22. The van der Waals surface area contributed by atoms with Gasteiger partial charge in [-0.2, -0.15) is 4.31 Å². The Labute approximate surface area is 162 Å². The van der Waals surface area contributed by atoms with Gasteiger partial charge in [-0.05, 0) is 51.1 Å². The number of benzene rings is 1. The summed E-state index contributed by atoms with van der Waals surface area (Å²) < 4.78 is 26.9. The predicted octanol–water partition coefficient (Wildman–Crippen LogP) is 1.44. The predicted molar refractivity (Wildman–Crippen MR) is 106 cm³/mol. The number of anilines is 1. The van der Waals surface area contributed by atoms with Crippen LogP contribution in [0.4, 0.5) is 5.69 Å². The first-order chi connectivity index (χ1) is 12.9. The SMILES string of the molecule is C[C@H](C(=O)Nc1ccc(S(=O)(=O)N2CCCCC2)cc1)N1CCN(C)CC1. The molecule has 0 saturated carbocycles. The lowest BCUT2D eigenvalue weighted by atomic mass is 10.2. The lowest BCUT2D eigenvalue weighted by Crippen LogP contribution is -2.51. The van der Waals surface area contributed by atoms with Gasteiger partial charge in [0.05, 0.1) is 10.9 Å². The number of piperazine rings is 1. The van der Waals surface area contributed by atoms with Gasteiger partial charge in [0, 0.05) is 45.0 Å². The molecule has 0 spiro atoms. The molecule has 2 aliphatic heterocycles. The summed E-state index contributed by atoms with van der Waals surface area (Å²) in [6.45, 7) is 6.75. The van der Waals surface area contributed by atoms with Gasteiger partial charge in [-0.1, -0.05) is 6.42 Å². The highest BCUT2D eigenvalue weighted by atomic mass is 32.2. The minimum Gasteiger partial charge on any atom is -0.325 e. The third-order valence-corrected chi connectivity index (χ3v) is 7.45. The second-order valence-corrected chi connectivity index (χ2v) is 9.43. The molecule has 3 rings (SSSR count). The molecule has 2 fully saturated rings. The van der Waals surface area contributed by atoms with E-state index in [-0.39, 0.29) is 16.8 Å². The van der Waals surface area contributed by atoms with Crippen LogP contribution in [0.1, 0.15) is 26.2 Å². The van der Waals surface area contributed by atoms with Crippen LogP contribution in [0.5, 0.6) is 0 Å². The van der Waals surface area contributed by atoms with Gasteiger partial charge in [-0.3, -0.25) is 9.69 Å². The average Bonchev–Trinajstić information content (AvgIpc) is 2.69. The van der Waals surface area contributed by atoms with E-state index in [4.69, 9.17) is 0 Å². The zero-order valence-corrected chi connectivity index (χ0v) is 17.0. The first-order valence-corrected chi connectivity index (χ1v) is 11.2. The van der Waals surface area contributed by atoms with E-state index < -0.39 is 10.0 Å². The largest absolute Gasteiger partial charge is 0.325 e. The Kier molecular flexibility index (Phi) is 6.52. The fraction of sp³-hybridized carbons (Fsp3) is 0.632. The summed E-state index contributed by atoms with van der Waals surface area (Å²) in [4.78, 5) is 17.2. The molecule has 0 aromatic heterocycles. The Bertz CT molecular complexity index is 737. The number of piperidine rings is 1. The van der Waals surface area contributed by atoms with E-state index in [1.54, 1.807) is 28.6 Å². The number of likely N-dealkylation sites (N-methyl/N-ethyl adjacent to an activating group) is 1. The average molecular weight is 395 g/mol. The first-order valence-electron chi connectivity index (χ1n) is 9.71. The van der Waals surface area contributed by atoms with Gasteiger partial charge in [0.1, 0.15) is 0 Å². The van der Waals surface area contributed by atoms with Crippen LogP contribution >= 0.6 is 0 Å². The fourth-order valence-electron chi connectivity index (χ4n) is 3.59. The van der Waals surface area contributed by atoms with Gasteiger partial charge >= 0.3 is 0 Å². The van der Waals surface area contributed by atoms with Crippen LogP contribution in [0.3, 0.4) is 0 Å². The van der Waals surface area contributed by atoms with E-state index in [9.17, 15) is 13.2 Å². The molecule has 0 aliphatic carbocycles. The number of nitrogens with zero attached hydrogens (tertiary/aromatic N) is 3. The molecule has 1 aromatic carbocycles. The summed E-state index contributed by atoms with van der Waals surface area (Å²) in [5, 5.41) is 2.91. The summed E-state index contributed by atoms with van der Waals surface area (Å²) in [7, 11) is -1.35. The molecule has 0 radical (unpaired) electrons. The molecule has 8 heteroatoms. The van der Waals surface area contributed by atoms with Crippen molar-refractivity contribution < 1.29 is 13.2 Å². The van der Waals surface area contributed by atoms with Crippen molar-refractivity contribution in [2.24, 2.45) is 0 Å². The molecule has 0 unspecified atom stereocenters. The molecule has 1 aromatic rings. The summed E-state index contributed by atoms with van der Waals surface area (Å²) in [5.41, 5.74) is 0.624. The highest BCUT2D eigenvalue weighted by Gasteiger charge is 2.27. The highest BCUT2D eigenvalue weighted by molar-refractivity contribution is 7.89. The Morgan fingerprint density at radius 3 is 2.15 bits per heavy atom. The van der Waals surface area contributed by atoms with E-state index in [0.29, 0.717) is 18.8 Å². The Hall–Kier alpha value is -1.48. The van der Waals surface area contributed by atoms with E-state index in [0.717, 1.165) is 45.4 Å². The fourth-order valence-corrected chi connectivity index (χ4v) is 5.10. The van der Waals surface area contributed by atoms with Gasteiger partial charge in [-0.15, -0.1) is 0 Å². The first kappa shape index (κ1) is 20.3. The van der Waals surface area contributed by atoms with Crippen LogP contribution in [-0.2, 0) is 14.8 Å². The molecule has 1 amide bonds. The maximum atomic E-state index is 12.7. The van der Waals surface area contributed by atoms with Gasteiger partial charge in [0.15, 0.2) is 0 Å². The van der Waals surface area contributed by atoms with Gasteiger partial charge < -0.3 is 10.2 Å². The van der Waals surface area contributed by atoms with Crippen LogP contribution in [0.2, 0.25) is 0 Å². The van der Waals surface area contributed by atoms with Crippen LogP contribution in [-0.4, -0.2) is 80.8 Å². The second-order valence-electron chi connectivity index (χ2n) is 7.49. The third-order valence-electron chi connectivity index (χ3n) is 5.54. The third kappa shape index (κ3) is 4.87. The van der Waals surface area contributed by atoms with Crippen molar-refractivity contribution in [2.45, 2.75) is 37.1 Å². The Morgan fingerprint density at radius 1 is 0.963 bits per heavy atom. The van der Waals surface area contributed by atoms with Gasteiger partial charge in [0.25, 0.3) is 0 Å². The topological polar surface area (TPSA) is 73.0 Å². The molecule has 1 atom stereocenters. The van der Waals surface area contributed by atoms with E-state index in [2.05, 4.69) is 22.2 Å². The molecular weight excluding hydrogens is 364 g/mol. The summed E-state index contributed by atoms with van der Waals surface area (Å²) in [5.74, 6) is -0.0637. The quantitative estimate of drug-likeness (QED) is 0.818. The van der Waals surface area contributed by atoms with E-state index in [1.807, 2.05) is 6.92 Å². The Morgan fingerprint density at radius 2 is 1.56 bits per heavy atom. The molecule has 150 valence electrons. The molecule has 2 aliphatic rings. The summed E-state index contributed by atoms with van der Waals surface area (Å²) in [6.07, 6.45) is 2.91. The maximum absolute atomic E-state index is 12.7. The maximum Gasteiger partial charge on any atom is 0.243 e. The smallest absolute Gasteiger partial charge is 0.243 e. The molecule has 2 saturated heterocycles.